The molecule has 1 atom stereocenters. The fraction of sp³-hybridized carbons (Fsp3) is 0.500. The molecule has 3 aromatic heterocycles. The number of hydrogen-bond donors (Lipinski definition) is 1. The molecule has 3 aliphatic heterocycles. The molecule has 6 rings (SSSR count). The van der Waals surface area contributed by atoms with Crippen molar-refractivity contribution in [1.29, 1.82) is 0 Å². The highest BCUT2D eigenvalue weighted by Crippen LogP contribution is 2.50. The molecule has 162 valence electrons. The van der Waals surface area contributed by atoms with Crippen LogP contribution >= 0.6 is 11.8 Å². The van der Waals surface area contributed by atoms with Gasteiger partial charge in [-0.2, -0.15) is 11.8 Å². The maximum atomic E-state index is 6.35. The SMILES string of the molecule is CSC1(c2nc(-c3ccnc4[nH]ccc34)nc3c2OC[C@@H]2COCCN32)CCOCC1. The Morgan fingerprint density at radius 1 is 1.13 bits per heavy atom. The minimum atomic E-state index is -0.149. The summed E-state index contributed by atoms with van der Waals surface area (Å²) in [7, 11) is 0. The molecule has 0 saturated carbocycles. The zero-order valence-corrected chi connectivity index (χ0v) is 18.3. The maximum Gasteiger partial charge on any atom is 0.184 e. The fourth-order valence-corrected chi connectivity index (χ4v) is 5.75. The van der Waals surface area contributed by atoms with Gasteiger partial charge in [0.15, 0.2) is 17.4 Å². The van der Waals surface area contributed by atoms with Gasteiger partial charge in [0.2, 0.25) is 0 Å². The molecular formula is C22H25N5O3S. The van der Waals surface area contributed by atoms with Crippen molar-refractivity contribution in [3.05, 3.63) is 30.2 Å². The molecule has 0 aliphatic carbocycles. The lowest BCUT2D eigenvalue weighted by atomic mass is 9.93. The summed E-state index contributed by atoms with van der Waals surface area (Å²) in [6.45, 7) is 4.22. The number of nitrogens with zero attached hydrogens (tertiary/aromatic N) is 4. The van der Waals surface area contributed by atoms with Crippen LogP contribution in [-0.2, 0) is 14.2 Å². The third-order valence-corrected chi connectivity index (χ3v) is 7.97. The summed E-state index contributed by atoms with van der Waals surface area (Å²) in [5.41, 5.74) is 2.81. The van der Waals surface area contributed by atoms with Crippen LogP contribution in [0.5, 0.6) is 5.75 Å². The van der Waals surface area contributed by atoms with Crippen LogP contribution in [0.3, 0.4) is 0 Å². The van der Waals surface area contributed by atoms with Crippen LogP contribution in [-0.4, -0.2) is 71.8 Å². The molecule has 6 heterocycles. The van der Waals surface area contributed by atoms with Gasteiger partial charge in [0.05, 0.1) is 24.0 Å². The van der Waals surface area contributed by atoms with E-state index in [0.717, 1.165) is 72.3 Å². The molecule has 2 saturated heterocycles. The first kappa shape index (κ1) is 19.3. The Morgan fingerprint density at radius 2 is 2.03 bits per heavy atom. The molecule has 0 spiro atoms. The standard InChI is InChI=1S/C22H25N5O3S/c1-31-22(4-9-28-10-5-22)18-17-21(27-8-11-29-12-14(27)13-30-17)26-20(25-18)16-3-7-24-19-15(16)2-6-23-19/h2-3,6-7,14H,4-5,8-13H2,1H3,(H,23,24)/t14-/m0/s1. The number of fused-ring (bicyclic) bond motifs is 4. The summed E-state index contributed by atoms with van der Waals surface area (Å²) in [5, 5.41) is 1.02. The van der Waals surface area contributed by atoms with Gasteiger partial charge in [0.25, 0.3) is 0 Å². The van der Waals surface area contributed by atoms with E-state index in [0.29, 0.717) is 19.8 Å². The van der Waals surface area contributed by atoms with E-state index < -0.39 is 0 Å². The Morgan fingerprint density at radius 3 is 2.90 bits per heavy atom. The zero-order chi connectivity index (χ0) is 20.8. The molecule has 0 amide bonds. The van der Waals surface area contributed by atoms with Gasteiger partial charge in [-0.05, 0) is 31.2 Å². The highest BCUT2D eigenvalue weighted by atomic mass is 32.2. The average Bonchev–Trinajstić information content (AvgIpc) is 3.33. The minimum Gasteiger partial charge on any atom is -0.486 e. The molecule has 0 radical (unpaired) electrons. The largest absolute Gasteiger partial charge is 0.486 e. The normalized spacial score (nSPS) is 22.6. The predicted octanol–water partition coefficient (Wildman–Crippen LogP) is 2.99. The summed E-state index contributed by atoms with van der Waals surface area (Å²) in [6, 6.07) is 4.21. The lowest BCUT2D eigenvalue weighted by Gasteiger charge is -2.43. The van der Waals surface area contributed by atoms with Crippen molar-refractivity contribution in [2.75, 3.05) is 50.7 Å². The van der Waals surface area contributed by atoms with Crippen LogP contribution in [0, 0.1) is 0 Å². The third kappa shape index (κ3) is 3.09. The van der Waals surface area contributed by atoms with Crippen LogP contribution in [0.25, 0.3) is 22.4 Å². The van der Waals surface area contributed by atoms with Crippen molar-refractivity contribution in [1.82, 2.24) is 19.9 Å². The smallest absolute Gasteiger partial charge is 0.184 e. The molecular weight excluding hydrogens is 414 g/mol. The number of nitrogens with one attached hydrogen (secondary N) is 1. The number of morpholine rings is 1. The van der Waals surface area contributed by atoms with E-state index in [-0.39, 0.29) is 10.8 Å². The number of aromatic amines is 1. The minimum absolute atomic E-state index is 0.149. The topological polar surface area (TPSA) is 85.4 Å². The van der Waals surface area contributed by atoms with E-state index in [1.54, 1.807) is 0 Å². The Labute approximate surface area is 184 Å². The number of H-pyrrole nitrogens is 1. The van der Waals surface area contributed by atoms with Crippen LogP contribution in [0.1, 0.15) is 18.5 Å². The number of rotatable bonds is 3. The fourth-order valence-electron chi connectivity index (χ4n) is 4.84. The van der Waals surface area contributed by atoms with Gasteiger partial charge in [-0.25, -0.2) is 15.0 Å². The number of hydrogen-bond acceptors (Lipinski definition) is 8. The highest BCUT2D eigenvalue weighted by molar-refractivity contribution is 7.99. The molecule has 9 heteroatoms. The summed E-state index contributed by atoms with van der Waals surface area (Å²) in [4.78, 5) is 20.2. The second-order valence-electron chi connectivity index (χ2n) is 8.19. The maximum absolute atomic E-state index is 6.35. The van der Waals surface area contributed by atoms with E-state index in [4.69, 9.17) is 24.2 Å². The quantitative estimate of drug-likeness (QED) is 0.667. The Bertz CT molecular complexity index is 1110. The van der Waals surface area contributed by atoms with Crippen LogP contribution in [0.2, 0.25) is 0 Å². The van der Waals surface area contributed by atoms with E-state index in [1.807, 2.05) is 36.3 Å². The van der Waals surface area contributed by atoms with Gasteiger partial charge < -0.3 is 24.1 Å². The Balaban J connectivity index is 1.59. The van der Waals surface area contributed by atoms with Crippen molar-refractivity contribution in [2.45, 2.75) is 23.6 Å². The molecule has 3 aliphatic rings. The average molecular weight is 440 g/mol. The lowest BCUT2D eigenvalue weighted by molar-refractivity contribution is 0.0651. The highest BCUT2D eigenvalue weighted by Gasteiger charge is 2.43. The van der Waals surface area contributed by atoms with Crippen molar-refractivity contribution in [2.24, 2.45) is 0 Å². The molecule has 8 nitrogen and oxygen atoms in total. The van der Waals surface area contributed by atoms with Gasteiger partial charge >= 0.3 is 0 Å². The summed E-state index contributed by atoms with van der Waals surface area (Å²) >= 11 is 1.85. The number of pyridine rings is 1. The molecule has 3 aromatic rings. The first-order chi connectivity index (χ1) is 15.3. The molecule has 31 heavy (non-hydrogen) atoms. The summed E-state index contributed by atoms with van der Waals surface area (Å²) in [5.74, 6) is 2.44. The first-order valence-corrected chi connectivity index (χ1v) is 12.0. The Kier molecular flexibility index (Phi) is 4.77. The third-order valence-electron chi connectivity index (χ3n) is 6.59. The van der Waals surface area contributed by atoms with Crippen molar-refractivity contribution >= 4 is 28.6 Å². The van der Waals surface area contributed by atoms with E-state index >= 15 is 0 Å². The molecule has 0 aromatic carbocycles. The molecule has 1 N–H and O–H groups in total. The summed E-state index contributed by atoms with van der Waals surface area (Å²) < 4.78 is 17.6. The number of anilines is 1. The van der Waals surface area contributed by atoms with Crippen molar-refractivity contribution in [3.63, 3.8) is 0 Å². The van der Waals surface area contributed by atoms with E-state index in [1.165, 1.54) is 0 Å². The molecule has 2 fully saturated rings. The van der Waals surface area contributed by atoms with E-state index in [2.05, 4.69) is 21.1 Å². The lowest BCUT2D eigenvalue weighted by Crippen LogP contribution is -2.52. The van der Waals surface area contributed by atoms with Crippen LogP contribution in [0.15, 0.2) is 24.5 Å². The number of aromatic nitrogens is 4. The van der Waals surface area contributed by atoms with Gasteiger partial charge in [0.1, 0.15) is 17.9 Å². The zero-order valence-electron chi connectivity index (χ0n) is 17.5. The predicted molar refractivity (Wildman–Crippen MR) is 120 cm³/mol. The first-order valence-electron chi connectivity index (χ1n) is 10.7. The van der Waals surface area contributed by atoms with Gasteiger partial charge in [0, 0.05) is 43.1 Å². The second-order valence-corrected chi connectivity index (χ2v) is 9.38. The Hall–Kier alpha value is -2.36. The van der Waals surface area contributed by atoms with E-state index in [9.17, 15) is 0 Å². The van der Waals surface area contributed by atoms with Crippen LogP contribution < -0.4 is 9.64 Å². The van der Waals surface area contributed by atoms with Crippen molar-refractivity contribution in [3.8, 4) is 17.1 Å². The van der Waals surface area contributed by atoms with Gasteiger partial charge in [-0.3, -0.25) is 0 Å². The number of thioether (sulfide) groups is 1. The van der Waals surface area contributed by atoms with Gasteiger partial charge in [-0.15, -0.1) is 0 Å². The van der Waals surface area contributed by atoms with Crippen molar-refractivity contribution < 1.29 is 14.2 Å². The molecule has 0 unspecified atom stereocenters. The van der Waals surface area contributed by atoms with Crippen LogP contribution in [0.4, 0.5) is 5.82 Å². The van der Waals surface area contributed by atoms with Gasteiger partial charge in [-0.1, -0.05) is 0 Å². The number of ether oxygens (including phenoxy) is 3. The molecule has 0 bridgehead atoms. The summed E-state index contributed by atoms with van der Waals surface area (Å²) in [6.07, 6.45) is 7.69. The second kappa shape index (κ2) is 7.65. The monoisotopic (exact) mass is 439 g/mol.